The normalized spacial score (nSPS) is 17.1. The minimum atomic E-state index is -3.31. The second kappa shape index (κ2) is 6.08. The first kappa shape index (κ1) is 15.2. The second-order valence-electron chi connectivity index (χ2n) is 5.81. The minimum Gasteiger partial charge on any atom is -0.293 e. The Morgan fingerprint density at radius 3 is 2.40 bits per heavy atom. The van der Waals surface area contributed by atoms with Crippen molar-refractivity contribution in [3.8, 4) is 0 Å². The molecule has 1 saturated carbocycles. The fourth-order valence-electron chi connectivity index (χ4n) is 2.93. The van der Waals surface area contributed by atoms with Crippen LogP contribution in [0.3, 0.4) is 0 Å². The van der Waals surface area contributed by atoms with Gasteiger partial charge in [-0.2, -0.15) is 0 Å². The Morgan fingerprint density at radius 1 is 1.15 bits per heavy atom. The molecule has 0 atom stereocenters. The molecule has 1 aromatic rings. The molecule has 0 bridgehead atoms. The van der Waals surface area contributed by atoms with Crippen molar-refractivity contribution < 1.29 is 13.2 Å². The average Bonchev–Trinajstić information content (AvgIpc) is 2.39. The zero-order valence-electron chi connectivity index (χ0n) is 12.2. The van der Waals surface area contributed by atoms with E-state index in [0.717, 1.165) is 30.4 Å². The zero-order chi connectivity index (χ0) is 14.8. The van der Waals surface area contributed by atoms with Gasteiger partial charge in [0.05, 0.1) is 5.25 Å². The molecule has 1 fully saturated rings. The van der Waals surface area contributed by atoms with Crippen LogP contribution < -0.4 is 0 Å². The molecule has 3 nitrogen and oxygen atoms in total. The molecule has 0 saturated heterocycles. The van der Waals surface area contributed by atoms with Gasteiger partial charge in [0, 0.05) is 5.56 Å². The monoisotopic (exact) mass is 294 g/mol. The van der Waals surface area contributed by atoms with Crippen LogP contribution >= 0.6 is 0 Å². The first-order valence-corrected chi connectivity index (χ1v) is 8.94. The molecule has 1 aromatic carbocycles. The van der Waals surface area contributed by atoms with E-state index in [0.29, 0.717) is 18.4 Å². The van der Waals surface area contributed by atoms with Crippen molar-refractivity contribution in [1.82, 2.24) is 0 Å². The lowest BCUT2D eigenvalue weighted by atomic mass is 10.0. The van der Waals surface area contributed by atoms with Crippen LogP contribution in [-0.4, -0.2) is 25.2 Å². The van der Waals surface area contributed by atoms with Crippen LogP contribution in [0, 0.1) is 13.8 Å². The Hall–Kier alpha value is -1.16. The van der Waals surface area contributed by atoms with Gasteiger partial charge in [-0.25, -0.2) is 8.42 Å². The summed E-state index contributed by atoms with van der Waals surface area (Å²) in [6.45, 7) is 3.81. The van der Waals surface area contributed by atoms with E-state index in [1.165, 1.54) is 0 Å². The third-order valence-electron chi connectivity index (χ3n) is 4.07. The predicted molar refractivity (Wildman–Crippen MR) is 80.9 cm³/mol. The molecule has 0 spiro atoms. The summed E-state index contributed by atoms with van der Waals surface area (Å²) in [6, 6.07) is 5.51. The molecule has 0 aromatic heterocycles. The first-order valence-electron chi connectivity index (χ1n) is 7.22. The maximum atomic E-state index is 12.3. The van der Waals surface area contributed by atoms with Gasteiger partial charge in [-0.3, -0.25) is 4.79 Å². The highest BCUT2D eigenvalue weighted by Gasteiger charge is 2.29. The minimum absolute atomic E-state index is 0.270. The number of benzene rings is 1. The fourth-order valence-corrected chi connectivity index (χ4v) is 4.74. The molecule has 110 valence electrons. The molecular formula is C16H22O3S. The highest BCUT2D eigenvalue weighted by atomic mass is 32.2. The summed E-state index contributed by atoms with van der Waals surface area (Å²) in [5, 5.41) is -0.314. The maximum absolute atomic E-state index is 12.3. The van der Waals surface area contributed by atoms with Crippen LogP contribution in [0.25, 0.3) is 0 Å². The lowest BCUT2D eigenvalue weighted by Gasteiger charge is -2.21. The lowest BCUT2D eigenvalue weighted by Crippen LogP contribution is -2.30. The summed E-state index contributed by atoms with van der Waals surface area (Å²) >= 11 is 0. The summed E-state index contributed by atoms with van der Waals surface area (Å²) in [5.74, 6) is -0.616. The fraction of sp³-hybridized carbons (Fsp3) is 0.562. The Morgan fingerprint density at radius 2 is 1.80 bits per heavy atom. The van der Waals surface area contributed by atoms with Crippen molar-refractivity contribution in [1.29, 1.82) is 0 Å². The van der Waals surface area contributed by atoms with Crippen molar-refractivity contribution in [3.63, 3.8) is 0 Å². The van der Waals surface area contributed by atoms with E-state index in [4.69, 9.17) is 0 Å². The van der Waals surface area contributed by atoms with Gasteiger partial charge in [0.1, 0.15) is 5.75 Å². The molecule has 0 heterocycles. The Kier molecular flexibility index (Phi) is 4.63. The van der Waals surface area contributed by atoms with Gasteiger partial charge >= 0.3 is 0 Å². The SMILES string of the molecule is Cc1ccc(C(=O)CS(=O)(=O)C2CCCCC2)c(C)c1. The van der Waals surface area contributed by atoms with E-state index in [1.54, 1.807) is 6.07 Å². The van der Waals surface area contributed by atoms with Crippen molar-refractivity contribution in [2.75, 3.05) is 5.75 Å². The van der Waals surface area contributed by atoms with E-state index < -0.39 is 9.84 Å². The van der Waals surface area contributed by atoms with Crippen molar-refractivity contribution in [2.24, 2.45) is 0 Å². The van der Waals surface area contributed by atoms with Crippen molar-refractivity contribution >= 4 is 15.6 Å². The topological polar surface area (TPSA) is 51.2 Å². The van der Waals surface area contributed by atoms with Crippen LogP contribution in [0.5, 0.6) is 0 Å². The quantitative estimate of drug-likeness (QED) is 0.801. The number of ketones is 1. The number of carbonyl (C=O) groups excluding carboxylic acids is 1. The molecule has 0 unspecified atom stereocenters. The van der Waals surface area contributed by atoms with Crippen LogP contribution in [0.4, 0.5) is 0 Å². The molecule has 0 radical (unpaired) electrons. The van der Waals surface area contributed by atoms with E-state index in [-0.39, 0.29) is 16.8 Å². The van der Waals surface area contributed by atoms with Gasteiger partial charge in [0.25, 0.3) is 0 Å². The molecule has 20 heavy (non-hydrogen) atoms. The number of Topliss-reactive ketones (excluding diaryl/α,β-unsaturated/α-hetero) is 1. The largest absolute Gasteiger partial charge is 0.293 e. The number of hydrogen-bond donors (Lipinski definition) is 0. The van der Waals surface area contributed by atoms with Crippen LogP contribution in [-0.2, 0) is 9.84 Å². The van der Waals surface area contributed by atoms with Gasteiger partial charge < -0.3 is 0 Å². The molecular weight excluding hydrogens is 272 g/mol. The molecule has 0 N–H and O–H groups in total. The molecule has 1 aliphatic carbocycles. The third kappa shape index (κ3) is 3.48. The lowest BCUT2D eigenvalue weighted by molar-refractivity contribution is 0.102. The smallest absolute Gasteiger partial charge is 0.178 e. The summed E-state index contributed by atoms with van der Waals surface area (Å²) in [4.78, 5) is 12.3. The van der Waals surface area contributed by atoms with Crippen LogP contribution in [0.2, 0.25) is 0 Å². The first-order chi connectivity index (χ1) is 9.40. The highest BCUT2D eigenvalue weighted by Crippen LogP contribution is 2.25. The van der Waals surface area contributed by atoms with E-state index in [2.05, 4.69) is 0 Å². The molecule has 1 aliphatic rings. The standard InChI is InChI=1S/C16H22O3S/c1-12-8-9-15(13(2)10-12)16(17)11-20(18,19)14-6-4-3-5-7-14/h8-10,14H,3-7,11H2,1-2H3. The maximum Gasteiger partial charge on any atom is 0.178 e. The van der Waals surface area contributed by atoms with Gasteiger partial charge in [0.2, 0.25) is 0 Å². The summed E-state index contributed by atoms with van der Waals surface area (Å²) in [5.41, 5.74) is 2.47. The summed E-state index contributed by atoms with van der Waals surface area (Å²) in [7, 11) is -3.31. The van der Waals surface area contributed by atoms with E-state index >= 15 is 0 Å². The average molecular weight is 294 g/mol. The Balaban J connectivity index is 2.14. The van der Waals surface area contributed by atoms with Gasteiger partial charge in [-0.05, 0) is 32.3 Å². The molecule has 0 amide bonds. The van der Waals surface area contributed by atoms with E-state index in [1.807, 2.05) is 26.0 Å². The van der Waals surface area contributed by atoms with Gasteiger partial charge in [-0.1, -0.05) is 43.0 Å². The Bertz CT molecular complexity index is 596. The van der Waals surface area contributed by atoms with Crippen molar-refractivity contribution in [3.05, 3.63) is 34.9 Å². The zero-order valence-corrected chi connectivity index (χ0v) is 13.0. The number of hydrogen-bond acceptors (Lipinski definition) is 3. The third-order valence-corrected chi connectivity index (χ3v) is 6.23. The number of carbonyl (C=O) groups is 1. The van der Waals surface area contributed by atoms with Gasteiger partial charge in [0.15, 0.2) is 15.6 Å². The van der Waals surface area contributed by atoms with Crippen LogP contribution in [0.1, 0.15) is 53.6 Å². The second-order valence-corrected chi connectivity index (χ2v) is 8.09. The summed E-state index contributed by atoms with van der Waals surface area (Å²) in [6.07, 6.45) is 4.45. The molecule has 2 rings (SSSR count). The number of sulfone groups is 1. The summed E-state index contributed by atoms with van der Waals surface area (Å²) < 4.78 is 24.7. The molecule has 0 aliphatic heterocycles. The van der Waals surface area contributed by atoms with E-state index in [9.17, 15) is 13.2 Å². The molecule has 4 heteroatoms. The number of aryl methyl sites for hydroxylation is 2. The highest BCUT2D eigenvalue weighted by molar-refractivity contribution is 7.92. The Labute approximate surface area is 121 Å². The predicted octanol–water partition coefficient (Wildman–Crippen LogP) is 3.23. The van der Waals surface area contributed by atoms with Crippen LogP contribution in [0.15, 0.2) is 18.2 Å². The number of rotatable bonds is 4. The van der Waals surface area contributed by atoms with Crippen molar-refractivity contribution in [2.45, 2.75) is 51.2 Å². The van der Waals surface area contributed by atoms with Gasteiger partial charge in [-0.15, -0.1) is 0 Å².